The van der Waals surface area contributed by atoms with E-state index >= 15 is 0 Å². The smallest absolute Gasteiger partial charge is 0.442 e. The highest BCUT2D eigenvalue weighted by atomic mass is 79.9. The molecule has 328 valence electrons. The number of halogens is 2. The van der Waals surface area contributed by atoms with Crippen molar-refractivity contribution in [2.24, 2.45) is 0 Å². The fourth-order valence-corrected chi connectivity index (χ4v) is 4.76. The van der Waals surface area contributed by atoms with E-state index in [9.17, 15) is 14.4 Å². The summed E-state index contributed by atoms with van der Waals surface area (Å²) in [7, 11) is 4.02. The molecule has 0 aliphatic heterocycles. The molecule has 59 heavy (non-hydrogen) atoms. The predicted molar refractivity (Wildman–Crippen MR) is 241 cm³/mol. The molecule has 18 heteroatoms. The Balaban J connectivity index is 0.000000735. The maximum Gasteiger partial charge on any atom is 0.519 e. The summed E-state index contributed by atoms with van der Waals surface area (Å²) in [6, 6.07) is 7.75. The molecule has 5 heterocycles. The van der Waals surface area contributed by atoms with Crippen LogP contribution in [0.5, 0.6) is 0 Å². The summed E-state index contributed by atoms with van der Waals surface area (Å²) < 4.78 is 22.0. The molecule has 0 aromatic carbocycles. The number of hydrogen-bond acceptors (Lipinski definition) is 14. The number of ether oxygens (including phenoxy) is 4. The van der Waals surface area contributed by atoms with Crippen molar-refractivity contribution >= 4 is 78.0 Å². The summed E-state index contributed by atoms with van der Waals surface area (Å²) in [5.41, 5.74) is 0.554. The highest BCUT2D eigenvalue weighted by Crippen LogP contribution is 2.18. The van der Waals surface area contributed by atoms with Gasteiger partial charge in [0.1, 0.15) is 16.8 Å². The van der Waals surface area contributed by atoms with Gasteiger partial charge in [0.15, 0.2) is 11.3 Å². The van der Waals surface area contributed by atoms with Gasteiger partial charge in [0.05, 0.1) is 12.4 Å². The zero-order chi connectivity index (χ0) is 44.3. The Labute approximate surface area is 366 Å². The summed E-state index contributed by atoms with van der Waals surface area (Å²) in [5, 5.41) is 12.4. The first-order chi connectivity index (χ1) is 26.9. The minimum absolute atomic E-state index is 0. The minimum Gasteiger partial charge on any atom is -0.442 e. The van der Waals surface area contributed by atoms with Crippen molar-refractivity contribution in [3.8, 4) is 0 Å². The van der Waals surface area contributed by atoms with Crippen LogP contribution in [-0.2, 0) is 18.9 Å². The molecule has 0 aliphatic rings. The molecule has 5 rings (SSSR count). The van der Waals surface area contributed by atoms with Crippen molar-refractivity contribution in [1.82, 2.24) is 39.8 Å². The van der Waals surface area contributed by atoms with Crippen molar-refractivity contribution in [2.75, 3.05) is 38.6 Å². The molecule has 0 radical (unpaired) electrons. The monoisotopic (exact) mass is 951 g/mol. The molecular formula is C41H63Br2N9O7. The van der Waals surface area contributed by atoms with Gasteiger partial charge in [-0.25, -0.2) is 24.4 Å². The Morgan fingerprint density at radius 3 is 1.61 bits per heavy atom. The lowest BCUT2D eigenvalue weighted by Crippen LogP contribution is -2.29. The number of fused-ring (bicyclic) bond motifs is 2. The summed E-state index contributed by atoms with van der Waals surface area (Å²) >= 11 is 6.62. The van der Waals surface area contributed by atoms with Crippen LogP contribution in [0.4, 0.5) is 20.1 Å². The number of pyridine rings is 3. The van der Waals surface area contributed by atoms with Crippen LogP contribution in [0.25, 0.3) is 22.1 Å². The SMILES string of the molecule is Brc1cnc2[nH]ncc2c1.C.CC(C)(C)OC(=O)OC(=O)OC(C)(C)C.CC(C)(C)OC(=O)n1ncc2cc(Br)cnc21.CCN(CC)CC.CN(C)c1ccncc1. The van der Waals surface area contributed by atoms with Gasteiger partial charge in [-0.3, -0.25) is 10.1 Å². The van der Waals surface area contributed by atoms with Crippen LogP contribution in [0.1, 0.15) is 90.5 Å². The Morgan fingerprint density at radius 2 is 1.19 bits per heavy atom. The zero-order valence-electron chi connectivity index (χ0n) is 36.1. The van der Waals surface area contributed by atoms with Gasteiger partial charge >= 0.3 is 18.4 Å². The molecule has 0 atom stereocenters. The number of rotatable bonds is 4. The van der Waals surface area contributed by atoms with E-state index in [4.69, 9.17) is 14.2 Å². The van der Waals surface area contributed by atoms with E-state index < -0.39 is 35.2 Å². The van der Waals surface area contributed by atoms with Crippen LogP contribution >= 0.6 is 31.9 Å². The topological polar surface area (TPSA) is 180 Å². The fraction of sp³-hybridized carbons (Fsp3) is 0.512. The minimum atomic E-state index is -1.06. The molecule has 0 amide bonds. The van der Waals surface area contributed by atoms with Crippen molar-refractivity contribution in [1.29, 1.82) is 0 Å². The molecule has 1 N–H and O–H groups in total. The van der Waals surface area contributed by atoms with Gasteiger partial charge in [-0.05, 0) is 138 Å². The Kier molecular flexibility index (Phi) is 23.7. The lowest BCUT2D eigenvalue weighted by Gasteiger charge is -2.20. The molecular weight excluding hydrogens is 890 g/mol. The molecule has 0 saturated heterocycles. The van der Waals surface area contributed by atoms with Crippen LogP contribution in [0.15, 0.2) is 70.4 Å². The number of carbonyl (C=O) groups excluding carboxylic acids is 3. The molecule has 0 spiro atoms. The summed E-state index contributed by atoms with van der Waals surface area (Å²) in [5.74, 6) is 0. The van der Waals surface area contributed by atoms with Crippen molar-refractivity contribution in [3.63, 3.8) is 0 Å². The average molecular weight is 954 g/mol. The molecule has 0 fully saturated rings. The summed E-state index contributed by atoms with van der Waals surface area (Å²) in [6.07, 6.45) is 7.61. The molecule has 0 saturated carbocycles. The summed E-state index contributed by atoms with van der Waals surface area (Å²) in [4.78, 5) is 50.4. The van der Waals surface area contributed by atoms with E-state index in [-0.39, 0.29) is 7.43 Å². The van der Waals surface area contributed by atoms with Crippen LogP contribution in [0.3, 0.4) is 0 Å². The standard InChI is InChI=1S/C11H12BrN3O2.C10H18O5.C7H10N2.C6H4BrN3.C6H15N.CH4/c1-11(2,3)17-10(16)15-9-7(5-14-15)4-8(12)6-13-9;1-9(2,3)14-7(11)13-8(12)15-10(4,5)6;1-9(2)7-3-5-8-6-4-7;7-5-1-4-2-9-10-6(4)8-3-5;1-4-7(5-2)6-3;/h4-6H,1-3H3;1-6H3;3-6H,1-2H3;1-3H,(H,8,9,10);4-6H2,1-3H3;1H4. The number of nitrogens with one attached hydrogen (secondary N) is 1. The van der Waals surface area contributed by atoms with E-state index in [1.54, 1.807) is 99.5 Å². The van der Waals surface area contributed by atoms with E-state index in [2.05, 4.69) is 92.5 Å². The number of aromatic amines is 1. The third-order valence-corrected chi connectivity index (χ3v) is 7.53. The van der Waals surface area contributed by atoms with Gasteiger partial charge in [0, 0.05) is 64.3 Å². The predicted octanol–water partition coefficient (Wildman–Crippen LogP) is 10.7. The number of carbonyl (C=O) groups is 3. The third-order valence-electron chi connectivity index (χ3n) is 6.67. The van der Waals surface area contributed by atoms with Crippen LogP contribution < -0.4 is 4.90 Å². The van der Waals surface area contributed by atoms with E-state index in [0.717, 1.165) is 30.0 Å². The molecule has 5 aromatic rings. The molecule has 0 bridgehead atoms. The quantitative estimate of drug-likeness (QED) is 0.102. The van der Waals surface area contributed by atoms with Gasteiger partial charge in [-0.2, -0.15) is 10.2 Å². The van der Waals surface area contributed by atoms with Crippen LogP contribution in [0, 0.1) is 0 Å². The maximum atomic E-state index is 11.8. The van der Waals surface area contributed by atoms with Crippen LogP contribution in [0.2, 0.25) is 0 Å². The van der Waals surface area contributed by atoms with Crippen molar-refractivity contribution in [3.05, 3.63) is 70.4 Å². The highest BCUT2D eigenvalue weighted by molar-refractivity contribution is 9.10. The van der Waals surface area contributed by atoms with Crippen molar-refractivity contribution in [2.45, 2.75) is 107 Å². The van der Waals surface area contributed by atoms with Gasteiger partial charge in [-0.1, -0.05) is 28.2 Å². The molecule has 0 aliphatic carbocycles. The second-order valence-electron chi connectivity index (χ2n) is 15.3. The fourth-order valence-electron chi connectivity index (χ4n) is 4.07. The molecule has 5 aromatic heterocycles. The molecule has 0 unspecified atom stereocenters. The lowest BCUT2D eigenvalue weighted by atomic mass is 10.2. The van der Waals surface area contributed by atoms with Gasteiger partial charge < -0.3 is 28.7 Å². The summed E-state index contributed by atoms with van der Waals surface area (Å²) in [6.45, 7) is 25.6. The third kappa shape index (κ3) is 23.5. The molecule has 16 nitrogen and oxygen atoms in total. The number of hydrogen-bond donors (Lipinski definition) is 1. The van der Waals surface area contributed by atoms with Gasteiger partial charge in [0.25, 0.3) is 0 Å². The maximum absolute atomic E-state index is 11.8. The number of anilines is 1. The normalized spacial score (nSPS) is 10.8. The first kappa shape index (κ1) is 54.3. The first-order valence-corrected chi connectivity index (χ1v) is 20.1. The van der Waals surface area contributed by atoms with Gasteiger partial charge in [0.2, 0.25) is 0 Å². The average Bonchev–Trinajstić information content (AvgIpc) is 3.75. The van der Waals surface area contributed by atoms with Crippen LogP contribution in [-0.4, -0.2) is 109 Å². The van der Waals surface area contributed by atoms with E-state index in [1.807, 2.05) is 43.3 Å². The zero-order valence-corrected chi connectivity index (χ0v) is 39.3. The number of H-pyrrole nitrogens is 1. The Bertz CT molecular complexity index is 1950. The van der Waals surface area contributed by atoms with Gasteiger partial charge in [-0.15, -0.1) is 4.68 Å². The lowest BCUT2D eigenvalue weighted by molar-refractivity contribution is -0.0294. The van der Waals surface area contributed by atoms with Crippen molar-refractivity contribution < 1.29 is 33.3 Å². The van der Waals surface area contributed by atoms with E-state index in [0.29, 0.717) is 5.65 Å². The Morgan fingerprint density at radius 1 is 0.712 bits per heavy atom. The Hall–Kier alpha value is -4.68. The number of nitrogens with zero attached hydrogens (tertiary/aromatic N) is 8. The van der Waals surface area contributed by atoms with E-state index in [1.165, 1.54) is 25.3 Å². The second kappa shape index (κ2) is 25.7. The second-order valence-corrected chi connectivity index (χ2v) is 17.1. The largest absolute Gasteiger partial charge is 0.519 e. The highest BCUT2D eigenvalue weighted by Gasteiger charge is 2.24. The number of aromatic nitrogens is 7. The first-order valence-electron chi connectivity index (χ1n) is 18.5.